The van der Waals surface area contributed by atoms with E-state index in [0.717, 1.165) is 23.3 Å². The van der Waals surface area contributed by atoms with Gasteiger partial charge in [0.25, 0.3) is 0 Å². The standard InChI is InChI=1S/C19H26N2O3S2/c1-15-10-18(11-16(2)24-15)14-26(22,23)21(13-19-4-3-9-25-19)12-17-5-7-20-8-6-17/h3-9,15-16,18H,10-14H2,1-2H3/t15-,16+,18?. The zero-order valence-corrected chi connectivity index (χ0v) is 16.9. The van der Waals surface area contributed by atoms with Crippen LogP contribution in [0.25, 0.3) is 0 Å². The molecule has 1 aliphatic heterocycles. The van der Waals surface area contributed by atoms with Crippen molar-refractivity contribution in [1.29, 1.82) is 0 Å². The van der Waals surface area contributed by atoms with Crippen LogP contribution in [0, 0.1) is 5.92 Å². The molecular weight excluding hydrogens is 368 g/mol. The molecule has 1 saturated heterocycles. The smallest absolute Gasteiger partial charge is 0.215 e. The van der Waals surface area contributed by atoms with E-state index >= 15 is 0 Å². The minimum absolute atomic E-state index is 0.116. The number of hydrogen-bond acceptors (Lipinski definition) is 5. The van der Waals surface area contributed by atoms with E-state index in [2.05, 4.69) is 4.98 Å². The summed E-state index contributed by atoms with van der Waals surface area (Å²) in [4.78, 5) is 5.07. The van der Waals surface area contributed by atoms with Gasteiger partial charge in [0.05, 0.1) is 18.0 Å². The number of aromatic nitrogens is 1. The first kappa shape index (κ1) is 19.5. The van der Waals surface area contributed by atoms with Crippen molar-refractivity contribution in [2.45, 2.75) is 52.0 Å². The molecular formula is C19H26N2O3S2. The summed E-state index contributed by atoms with van der Waals surface area (Å²) in [5.41, 5.74) is 0.953. The quantitative estimate of drug-likeness (QED) is 0.719. The fraction of sp³-hybridized carbons (Fsp3) is 0.526. The van der Waals surface area contributed by atoms with Gasteiger partial charge in [0, 0.05) is 30.4 Å². The third kappa shape index (κ3) is 5.36. The minimum atomic E-state index is -3.38. The lowest BCUT2D eigenvalue weighted by atomic mass is 9.94. The first-order valence-electron chi connectivity index (χ1n) is 8.97. The Morgan fingerprint density at radius 3 is 2.46 bits per heavy atom. The molecule has 7 heteroatoms. The average molecular weight is 395 g/mol. The number of thiophene rings is 1. The van der Waals surface area contributed by atoms with E-state index in [1.807, 2.05) is 43.5 Å². The molecule has 26 heavy (non-hydrogen) atoms. The Hall–Kier alpha value is -1.28. The van der Waals surface area contributed by atoms with Crippen molar-refractivity contribution in [3.63, 3.8) is 0 Å². The maximum absolute atomic E-state index is 13.2. The van der Waals surface area contributed by atoms with Gasteiger partial charge >= 0.3 is 0 Å². The van der Waals surface area contributed by atoms with Crippen molar-refractivity contribution in [3.05, 3.63) is 52.5 Å². The second-order valence-electron chi connectivity index (χ2n) is 7.08. The minimum Gasteiger partial charge on any atom is -0.376 e. The molecule has 1 aliphatic rings. The Labute approximate surface area is 160 Å². The molecule has 1 fully saturated rings. The van der Waals surface area contributed by atoms with Crippen LogP contribution in [0.15, 0.2) is 42.0 Å². The Morgan fingerprint density at radius 1 is 1.15 bits per heavy atom. The van der Waals surface area contributed by atoms with E-state index in [0.29, 0.717) is 13.1 Å². The molecule has 5 nitrogen and oxygen atoms in total. The van der Waals surface area contributed by atoms with Gasteiger partial charge in [0.15, 0.2) is 0 Å². The molecule has 0 radical (unpaired) electrons. The summed E-state index contributed by atoms with van der Waals surface area (Å²) in [5, 5.41) is 1.98. The van der Waals surface area contributed by atoms with Crippen molar-refractivity contribution in [2.24, 2.45) is 5.92 Å². The normalized spacial score (nSPS) is 24.0. The fourth-order valence-corrected chi connectivity index (χ4v) is 6.16. The Kier molecular flexibility index (Phi) is 6.45. The van der Waals surface area contributed by atoms with Crippen LogP contribution in [0.1, 0.15) is 37.1 Å². The van der Waals surface area contributed by atoms with E-state index in [-0.39, 0.29) is 23.9 Å². The molecule has 3 rings (SSSR count). The summed E-state index contributed by atoms with van der Waals surface area (Å²) in [6, 6.07) is 7.68. The van der Waals surface area contributed by atoms with Crippen molar-refractivity contribution in [3.8, 4) is 0 Å². The first-order chi connectivity index (χ1) is 12.4. The van der Waals surface area contributed by atoms with E-state index < -0.39 is 10.0 Å². The maximum Gasteiger partial charge on any atom is 0.215 e. The summed E-state index contributed by atoms with van der Waals surface area (Å²) in [6.07, 6.45) is 5.23. The molecule has 0 N–H and O–H groups in total. The third-order valence-corrected chi connectivity index (χ3v) is 7.45. The molecule has 3 atom stereocenters. The summed E-state index contributed by atoms with van der Waals surface area (Å²) >= 11 is 1.59. The molecule has 142 valence electrons. The zero-order chi connectivity index (χ0) is 18.6. The molecule has 1 unspecified atom stereocenters. The van der Waals surface area contributed by atoms with Crippen LogP contribution in [0.4, 0.5) is 0 Å². The van der Waals surface area contributed by atoms with Gasteiger partial charge in [-0.25, -0.2) is 8.42 Å². The van der Waals surface area contributed by atoms with Crippen LogP contribution >= 0.6 is 11.3 Å². The Balaban J connectivity index is 1.77. The largest absolute Gasteiger partial charge is 0.376 e. The van der Waals surface area contributed by atoms with Crippen LogP contribution in [0.3, 0.4) is 0 Å². The predicted molar refractivity (Wildman–Crippen MR) is 104 cm³/mol. The monoisotopic (exact) mass is 394 g/mol. The van der Waals surface area contributed by atoms with Gasteiger partial charge in [-0.2, -0.15) is 4.31 Å². The van der Waals surface area contributed by atoms with Crippen molar-refractivity contribution in [1.82, 2.24) is 9.29 Å². The van der Waals surface area contributed by atoms with E-state index in [1.54, 1.807) is 28.0 Å². The van der Waals surface area contributed by atoms with Gasteiger partial charge in [-0.3, -0.25) is 4.98 Å². The lowest BCUT2D eigenvalue weighted by Gasteiger charge is -2.33. The van der Waals surface area contributed by atoms with Crippen molar-refractivity contribution < 1.29 is 13.2 Å². The van der Waals surface area contributed by atoms with Gasteiger partial charge in [0.2, 0.25) is 10.0 Å². The molecule has 0 saturated carbocycles. The van der Waals surface area contributed by atoms with Crippen molar-refractivity contribution in [2.75, 3.05) is 5.75 Å². The second kappa shape index (κ2) is 8.61. The lowest BCUT2D eigenvalue weighted by molar-refractivity contribution is -0.0480. The topological polar surface area (TPSA) is 59.5 Å². The van der Waals surface area contributed by atoms with Gasteiger partial charge in [0.1, 0.15) is 0 Å². The zero-order valence-electron chi connectivity index (χ0n) is 15.2. The van der Waals surface area contributed by atoms with Crippen LogP contribution in [0.5, 0.6) is 0 Å². The van der Waals surface area contributed by atoms with Crippen molar-refractivity contribution >= 4 is 21.4 Å². The summed E-state index contributed by atoms with van der Waals surface area (Å²) in [5.74, 6) is 0.323. The Morgan fingerprint density at radius 2 is 1.85 bits per heavy atom. The summed E-state index contributed by atoms with van der Waals surface area (Å²) < 4.78 is 33.8. The molecule has 0 bridgehead atoms. The highest BCUT2D eigenvalue weighted by Crippen LogP contribution is 2.28. The molecule has 0 amide bonds. The summed E-state index contributed by atoms with van der Waals surface area (Å²) in [6.45, 7) is 4.83. The highest BCUT2D eigenvalue weighted by Gasteiger charge is 2.31. The number of nitrogens with zero attached hydrogens (tertiary/aromatic N) is 2. The fourth-order valence-electron chi connectivity index (χ4n) is 3.60. The molecule has 0 aliphatic carbocycles. The number of sulfonamides is 1. The number of hydrogen-bond donors (Lipinski definition) is 0. The lowest BCUT2D eigenvalue weighted by Crippen LogP contribution is -2.38. The maximum atomic E-state index is 13.2. The van der Waals surface area contributed by atoms with E-state index in [4.69, 9.17) is 4.74 Å². The predicted octanol–water partition coefficient (Wildman–Crippen LogP) is 3.68. The Bertz CT molecular complexity index is 768. The number of ether oxygens (including phenoxy) is 1. The van der Waals surface area contributed by atoms with Gasteiger partial charge < -0.3 is 4.74 Å². The SMILES string of the molecule is C[C@@H]1CC(CS(=O)(=O)N(Cc2ccncc2)Cc2cccs2)C[C@H](C)O1. The third-order valence-electron chi connectivity index (χ3n) is 4.66. The number of rotatable bonds is 7. The van der Waals surface area contributed by atoms with E-state index in [1.165, 1.54) is 0 Å². The highest BCUT2D eigenvalue weighted by molar-refractivity contribution is 7.89. The average Bonchev–Trinajstić information content (AvgIpc) is 3.07. The molecule has 0 spiro atoms. The van der Waals surface area contributed by atoms with E-state index in [9.17, 15) is 8.42 Å². The molecule has 0 aromatic carbocycles. The first-order valence-corrected chi connectivity index (χ1v) is 11.5. The summed E-state index contributed by atoms with van der Waals surface area (Å²) in [7, 11) is -3.38. The van der Waals surface area contributed by atoms with Crippen LogP contribution in [-0.2, 0) is 27.8 Å². The van der Waals surface area contributed by atoms with Crippen LogP contribution < -0.4 is 0 Å². The highest BCUT2D eigenvalue weighted by atomic mass is 32.2. The second-order valence-corrected chi connectivity index (χ2v) is 10.1. The van der Waals surface area contributed by atoms with Gasteiger partial charge in [-0.15, -0.1) is 11.3 Å². The van der Waals surface area contributed by atoms with Crippen LogP contribution in [0.2, 0.25) is 0 Å². The van der Waals surface area contributed by atoms with Gasteiger partial charge in [-0.05, 0) is 61.7 Å². The van der Waals surface area contributed by atoms with Crippen LogP contribution in [-0.4, -0.2) is 35.7 Å². The molecule has 2 aromatic rings. The van der Waals surface area contributed by atoms with Gasteiger partial charge in [-0.1, -0.05) is 6.07 Å². The number of pyridine rings is 1. The molecule has 2 aromatic heterocycles. The molecule has 3 heterocycles.